The monoisotopic (exact) mass is 208 g/mol. The van der Waals surface area contributed by atoms with E-state index in [1.807, 2.05) is 26.0 Å². The largest absolute Gasteiger partial charge is 0.489 e. The molecule has 0 aliphatic rings. The molecule has 4 heteroatoms. The Hall–Kier alpha value is -1.29. The van der Waals surface area contributed by atoms with E-state index < -0.39 is 0 Å². The van der Waals surface area contributed by atoms with E-state index in [1.165, 1.54) is 0 Å². The van der Waals surface area contributed by atoms with Crippen LogP contribution in [-0.2, 0) is 0 Å². The fourth-order valence-corrected chi connectivity index (χ4v) is 1.98. The van der Waals surface area contributed by atoms with Gasteiger partial charge >= 0.3 is 0 Å². The van der Waals surface area contributed by atoms with Crippen LogP contribution >= 0.6 is 11.3 Å². The molecule has 3 nitrogen and oxygen atoms in total. The SMILES string of the molecule is CC(C)Oc1ccc2scnc2c1N. The maximum atomic E-state index is 5.93. The van der Waals surface area contributed by atoms with Gasteiger partial charge in [-0.15, -0.1) is 11.3 Å². The lowest BCUT2D eigenvalue weighted by molar-refractivity contribution is 0.244. The van der Waals surface area contributed by atoms with Gasteiger partial charge < -0.3 is 10.5 Å². The maximum absolute atomic E-state index is 5.93. The minimum atomic E-state index is 0.133. The van der Waals surface area contributed by atoms with E-state index in [4.69, 9.17) is 10.5 Å². The number of ether oxygens (including phenoxy) is 1. The Morgan fingerprint density at radius 2 is 2.21 bits per heavy atom. The van der Waals surface area contributed by atoms with Gasteiger partial charge in [-0.2, -0.15) is 0 Å². The molecule has 0 amide bonds. The van der Waals surface area contributed by atoms with E-state index in [1.54, 1.807) is 16.8 Å². The maximum Gasteiger partial charge on any atom is 0.144 e. The van der Waals surface area contributed by atoms with Crippen LogP contribution in [0, 0.1) is 0 Å². The second-order valence-corrected chi connectivity index (χ2v) is 4.23. The molecule has 1 aromatic heterocycles. The number of hydrogen-bond donors (Lipinski definition) is 1. The van der Waals surface area contributed by atoms with Crippen molar-refractivity contribution in [1.29, 1.82) is 0 Å². The number of benzene rings is 1. The molecule has 0 spiro atoms. The third-order valence-corrected chi connectivity index (χ3v) is 2.66. The number of nitrogens with zero attached hydrogens (tertiary/aromatic N) is 1. The first-order chi connectivity index (χ1) is 6.68. The number of rotatable bonds is 2. The van der Waals surface area contributed by atoms with Crippen molar-refractivity contribution in [3.05, 3.63) is 17.6 Å². The minimum Gasteiger partial charge on any atom is -0.489 e. The molecule has 2 rings (SSSR count). The van der Waals surface area contributed by atoms with E-state index in [-0.39, 0.29) is 6.10 Å². The number of aromatic nitrogens is 1. The van der Waals surface area contributed by atoms with Crippen LogP contribution in [0.25, 0.3) is 10.2 Å². The molecule has 0 atom stereocenters. The van der Waals surface area contributed by atoms with E-state index >= 15 is 0 Å². The normalized spacial score (nSPS) is 11.1. The number of nitrogen functional groups attached to an aromatic ring is 1. The summed E-state index contributed by atoms with van der Waals surface area (Å²) in [6.45, 7) is 3.95. The zero-order valence-electron chi connectivity index (χ0n) is 8.15. The summed E-state index contributed by atoms with van der Waals surface area (Å²) in [5, 5.41) is 0. The van der Waals surface area contributed by atoms with Crippen LogP contribution in [0.5, 0.6) is 5.75 Å². The van der Waals surface area contributed by atoms with Crippen molar-refractivity contribution in [1.82, 2.24) is 4.98 Å². The van der Waals surface area contributed by atoms with E-state index in [9.17, 15) is 0 Å². The average molecular weight is 208 g/mol. The highest BCUT2D eigenvalue weighted by molar-refractivity contribution is 7.16. The molecule has 0 radical (unpaired) electrons. The summed E-state index contributed by atoms with van der Waals surface area (Å²) in [6.07, 6.45) is 0.133. The molecular weight excluding hydrogens is 196 g/mol. The lowest BCUT2D eigenvalue weighted by Crippen LogP contribution is -2.07. The number of thiazole rings is 1. The standard InChI is InChI=1S/C10H12N2OS/c1-6(2)13-7-3-4-8-10(9(7)11)12-5-14-8/h3-6H,11H2,1-2H3. The van der Waals surface area contributed by atoms with Gasteiger partial charge in [0.05, 0.1) is 16.3 Å². The van der Waals surface area contributed by atoms with E-state index in [2.05, 4.69) is 4.98 Å². The second-order valence-electron chi connectivity index (χ2n) is 3.34. The van der Waals surface area contributed by atoms with Gasteiger partial charge in [-0.1, -0.05) is 0 Å². The van der Waals surface area contributed by atoms with E-state index in [0.717, 1.165) is 16.0 Å². The summed E-state index contributed by atoms with van der Waals surface area (Å²) in [7, 11) is 0. The Morgan fingerprint density at radius 1 is 1.43 bits per heavy atom. The number of hydrogen-bond acceptors (Lipinski definition) is 4. The van der Waals surface area contributed by atoms with Gasteiger partial charge in [0.1, 0.15) is 17.0 Å². The van der Waals surface area contributed by atoms with Gasteiger partial charge in [-0.3, -0.25) is 0 Å². The number of fused-ring (bicyclic) bond motifs is 1. The Labute approximate surface area is 86.5 Å². The van der Waals surface area contributed by atoms with Gasteiger partial charge in [0.15, 0.2) is 0 Å². The van der Waals surface area contributed by atoms with Crippen LogP contribution in [0.4, 0.5) is 5.69 Å². The zero-order valence-corrected chi connectivity index (χ0v) is 8.97. The third kappa shape index (κ3) is 1.53. The van der Waals surface area contributed by atoms with Crippen molar-refractivity contribution < 1.29 is 4.74 Å². The minimum absolute atomic E-state index is 0.133. The van der Waals surface area contributed by atoms with Crippen LogP contribution in [0.15, 0.2) is 17.6 Å². The Morgan fingerprint density at radius 3 is 2.93 bits per heavy atom. The molecule has 0 saturated carbocycles. The van der Waals surface area contributed by atoms with Gasteiger partial charge in [0, 0.05) is 0 Å². The summed E-state index contributed by atoms with van der Waals surface area (Å²) in [5.41, 5.74) is 9.20. The Kier molecular flexibility index (Phi) is 2.29. The summed E-state index contributed by atoms with van der Waals surface area (Å²) in [4.78, 5) is 4.20. The van der Waals surface area contributed by atoms with Gasteiger partial charge in [-0.05, 0) is 26.0 Å². The molecule has 0 bridgehead atoms. The molecule has 0 fully saturated rings. The molecular formula is C10H12N2OS. The molecule has 14 heavy (non-hydrogen) atoms. The second kappa shape index (κ2) is 3.46. The predicted octanol–water partition coefficient (Wildman–Crippen LogP) is 2.67. The molecule has 0 saturated heterocycles. The summed E-state index contributed by atoms with van der Waals surface area (Å²) < 4.78 is 6.66. The Balaban J connectivity index is 2.51. The first-order valence-electron chi connectivity index (χ1n) is 4.47. The Bertz CT molecular complexity index is 450. The summed E-state index contributed by atoms with van der Waals surface area (Å²) in [6, 6.07) is 3.89. The molecule has 2 N–H and O–H groups in total. The van der Waals surface area contributed by atoms with Gasteiger partial charge in [-0.25, -0.2) is 4.98 Å². The molecule has 74 valence electrons. The van der Waals surface area contributed by atoms with Crippen LogP contribution in [0.3, 0.4) is 0 Å². The van der Waals surface area contributed by atoms with Crippen molar-refractivity contribution in [2.24, 2.45) is 0 Å². The van der Waals surface area contributed by atoms with Crippen LogP contribution < -0.4 is 10.5 Å². The average Bonchev–Trinajstić information content (AvgIpc) is 2.57. The van der Waals surface area contributed by atoms with Crippen molar-refractivity contribution >= 4 is 27.2 Å². The van der Waals surface area contributed by atoms with Crippen LogP contribution in [-0.4, -0.2) is 11.1 Å². The molecule has 0 aliphatic heterocycles. The summed E-state index contributed by atoms with van der Waals surface area (Å²) in [5.74, 6) is 0.721. The third-order valence-electron chi connectivity index (χ3n) is 1.86. The fourth-order valence-electron chi connectivity index (χ4n) is 1.29. The van der Waals surface area contributed by atoms with Crippen molar-refractivity contribution in [2.75, 3.05) is 5.73 Å². The van der Waals surface area contributed by atoms with Crippen LogP contribution in [0.1, 0.15) is 13.8 Å². The van der Waals surface area contributed by atoms with Crippen molar-refractivity contribution in [2.45, 2.75) is 20.0 Å². The predicted molar refractivity (Wildman–Crippen MR) is 59.8 cm³/mol. The highest BCUT2D eigenvalue weighted by Gasteiger charge is 2.08. The van der Waals surface area contributed by atoms with Gasteiger partial charge in [0.25, 0.3) is 0 Å². The quantitative estimate of drug-likeness (QED) is 0.772. The molecule has 0 aliphatic carbocycles. The van der Waals surface area contributed by atoms with Gasteiger partial charge in [0.2, 0.25) is 0 Å². The fraction of sp³-hybridized carbons (Fsp3) is 0.300. The van der Waals surface area contributed by atoms with Crippen LogP contribution in [0.2, 0.25) is 0 Å². The highest BCUT2D eigenvalue weighted by atomic mass is 32.1. The lowest BCUT2D eigenvalue weighted by atomic mass is 10.2. The van der Waals surface area contributed by atoms with Crippen molar-refractivity contribution in [3.63, 3.8) is 0 Å². The lowest BCUT2D eigenvalue weighted by Gasteiger charge is -2.11. The highest BCUT2D eigenvalue weighted by Crippen LogP contribution is 2.32. The number of anilines is 1. The summed E-state index contributed by atoms with van der Waals surface area (Å²) >= 11 is 1.58. The topological polar surface area (TPSA) is 48.1 Å². The molecule has 1 aromatic carbocycles. The first-order valence-corrected chi connectivity index (χ1v) is 5.35. The molecule has 0 unspecified atom stereocenters. The first kappa shape index (κ1) is 9.27. The molecule has 2 aromatic rings. The molecule has 1 heterocycles. The zero-order chi connectivity index (χ0) is 10.1. The van der Waals surface area contributed by atoms with E-state index in [0.29, 0.717) is 5.69 Å². The van der Waals surface area contributed by atoms with Crippen molar-refractivity contribution in [3.8, 4) is 5.75 Å². The number of nitrogens with two attached hydrogens (primary N) is 1. The smallest absolute Gasteiger partial charge is 0.144 e.